The number of hydrogen-bond acceptors (Lipinski definition) is 7. The lowest BCUT2D eigenvalue weighted by Crippen LogP contribution is -2.22. The molecule has 0 bridgehead atoms. The predicted molar refractivity (Wildman–Crippen MR) is 95.2 cm³/mol. The number of nitrogens with zero attached hydrogens (tertiary/aromatic N) is 3. The number of aromatic nitrogens is 4. The monoisotopic (exact) mass is 344 g/mol. The Bertz CT molecular complexity index is 822. The van der Waals surface area contributed by atoms with Crippen molar-refractivity contribution in [3.63, 3.8) is 0 Å². The smallest absolute Gasteiger partial charge is 0.290 e. The maximum atomic E-state index is 8.36. The van der Waals surface area contributed by atoms with Crippen molar-refractivity contribution in [2.45, 2.75) is 13.0 Å². The molecular weight excluding hydrogens is 324 g/mol. The molecule has 1 aromatic carbocycles. The van der Waals surface area contributed by atoms with E-state index in [-0.39, 0.29) is 18.5 Å². The lowest BCUT2D eigenvalue weighted by molar-refractivity contribution is -0.122. The van der Waals surface area contributed by atoms with Crippen molar-refractivity contribution in [1.29, 1.82) is 0 Å². The number of fused-ring (bicyclic) bond motifs is 1. The molecular formula is C16H20N6O3. The number of nitrogens with two attached hydrogens (primary N) is 1. The van der Waals surface area contributed by atoms with E-state index in [4.69, 9.17) is 20.4 Å². The Morgan fingerprint density at radius 1 is 1.40 bits per heavy atom. The molecule has 3 rings (SSSR count). The average Bonchev–Trinajstić information content (AvgIpc) is 3.09. The van der Waals surface area contributed by atoms with Crippen molar-refractivity contribution < 1.29 is 14.6 Å². The van der Waals surface area contributed by atoms with Crippen molar-refractivity contribution in [2.75, 3.05) is 24.8 Å². The first kappa shape index (κ1) is 18.1. The number of methoxy groups -OCH3 is 1. The van der Waals surface area contributed by atoms with Gasteiger partial charge in [-0.3, -0.25) is 9.89 Å². The van der Waals surface area contributed by atoms with E-state index in [2.05, 4.69) is 25.5 Å². The van der Waals surface area contributed by atoms with Crippen LogP contribution in [0.1, 0.15) is 6.92 Å². The third-order valence-corrected chi connectivity index (χ3v) is 3.33. The first-order chi connectivity index (χ1) is 12.1. The van der Waals surface area contributed by atoms with Crippen LogP contribution in [0.5, 0.6) is 0 Å². The molecule has 0 fully saturated rings. The predicted octanol–water partition coefficient (Wildman–Crippen LogP) is 1.75. The highest BCUT2D eigenvalue weighted by atomic mass is 16.5. The zero-order chi connectivity index (χ0) is 18.2. The van der Waals surface area contributed by atoms with Crippen molar-refractivity contribution in [3.8, 4) is 11.3 Å². The number of aromatic amines is 1. The van der Waals surface area contributed by atoms with E-state index in [9.17, 15) is 0 Å². The van der Waals surface area contributed by atoms with Crippen LogP contribution in [0.3, 0.4) is 0 Å². The van der Waals surface area contributed by atoms with Crippen molar-refractivity contribution in [2.24, 2.45) is 0 Å². The normalized spacial score (nSPS) is 11.4. The summed E-state index contributed by atoms with van der Waals surface area (Å²) < 4.78 is 5.14. The number of nitrogens with one attached hydrogen (secondary N) is 2. The lowest BCUT2D eigenvalue weighted by atomic mass is 10.1. The van der Waals surface area contributed by atoms with Crippen LogP contribution in [-0.4, -0.2) is 51.5 Å². The average molecular weight is 344 g/mol. The number of nitrogen functional groups attached to an aromatic ring is 1. The Kier molecular flexibility index (Phi) is 6.24. The number of anilines is 2. The van der Waals surface area contributed by atoms with E-state index in [1.807, 2.05) is 31.2 Å². The van der Waals surface area contributed by atoms with Gasteiger partial charge in [0.15, 0.2) is 0 Å². The summed E-state index contributed by atoms with van der Waals surface area (Å²) in [5, 5.41) is 18.0. The fourth-order valence-corrected chi connectivity index (χ4v) is 2.37. The molecule has 5 N–H and O–H groups in total. The molecule has 0 unspecified atom stereocenters. The van der Waals surface area contributed by atoms with Crippen LogP contribution in [0.4, 0.5) is 11.8 Å². The summed E-state index contributed by atoms with van der Waals surface area (Å²) in [4.78, 5) is 17.0. The quantitative estimate of drug-likeness (QED) is 0.513. The minimum absolute atomic E-state index is 0.120. The van der Waals surface area contributed by atoms with E-state index >= 15 is 0 Å². The van der Waals surface area contributed by atoms with Crippen LogP contribution in [0.25, 0.3) is 22.2 Å². The molecule has 0 aliphatic rings. The summed E-state index contributed by atoms with van der Waals surface area (Å²) in [6.07, 6.45) is 1.72. The largest absolute Gasteiger partial charge is 0.483 e. The molecule has 2 aromatic heterocycles. The molecule has 0 amide bonds. The molecule has 9 nitrogen and oxygen atoms in total. The number of hydrogen-bond donors (Lipinski definition) is 4. The summed E-state index contributed by atoms with van der Waals surface area (Å²) in [7, 11) is 1.67. The lowest BCUT2D eigenvalue weighted by Gasteiger charge is -2.15. The van der Waals surface area contributed by atoms with Gasteiger partial charge in [0, 0.05) is 30.3 Å². The molecule has 132 valence electrons. The highest BCUT2D eigenvalue weighted by Gasteiger charge is 2.10. The zero-order valence-corrected chi connectivity index (χ0v) is 13.9. The maximum absolute atomic E-state index is 8.36. The van der Waals surface area contributed by atoms with Crippen molar-refractivity contribution in [3.05, 3.63) is 30.5 Å². The Morgan fingerprint density at radius 3 is 2.80 bits per heavy atom. The molecule has 1 atom stereocenters. The van der Waals surface area contributed by atoms with Gasteiger partial charge in [0.05, 0.1) is 17.8 Å². The molecule has 0 aliphatic heterocycles. The van der Waals surface area contributed by atoms with Gasteiger partial charge in [-0.25, -0.2) is 4.98 Å². The molecule has 0 spiro atoms. The number of carboxylic acid groups (broad SMARTS) is 1. The molecule has 2 heterocycles. The Balaban J connectivity index is 0.000000701. The van der Waals surface area contributed by atoms with Crippen LogP contribution in [0.15, 0.2) is 30.5 Å². The van der Waals surface area contributed by atoms with Crippen LogP contribution >= 0.6 is 0 Å². The van der Waals surface area contributed by atoms with Gasteiger partial charge in [0.25, 0.3) is 6.47 Å². The first-order valence-electron chi connectivity index (χ1n) is 7.49. The summed E-state index contributed by atoms with van der Waals surface area (Å²) >= 11 is 0. The number of carbonyl (C=O) groups is 1. The second kappa shape index (κ2) is 8.60. The number of H-pyrrole nitrogens is 1. The van der Waals surface area contributed by atoms with E-state index < -0.39 is 0 Å². The first-order valence-corrected chi connectivity index (χ1v) is 7.49. The van der Waals surface area contributed by atoms with Crippen LogP contribution in [0.2, 0.25) is 0 Å². The van der Waals surface area contributed by atoms with Gasteiger partial charge < -0.3 is 20.9 Å². The molecule has 9 heteroatoms. The Morgan fingerprint density at radius 2 is 2.16 bits per heavy atom. The van der Waals surface area contributed by atoms with Gasteiger partial charge in [-0.05, 0) is 25.1 Å². The van der Waals surface area contributed by atoms with Crippen molar-refractivity contribution in [1.82, 2.24) is 20.2 Å². The zero-order valence-electron chi connectivity index (χ0n) is 13.9. The van der Waals surface area contributed by atoms with Gasteiger partial charge in [-0.1, -0.05) is 6.07 Å². The molecule has 3 aromatic rings. The van der Waals surface area contributed by atoms with Crippen LogP contribution < -0.4 is 11.1 Å². The summed E-state index contributed by atoms with van der Waals surface area (Å²) in [5.74, 6) is 0.949. The third-order valence-electron chi connectivity index (χ3n) is 3.33. The fourth-order valence-electron chi connectivity index (χ4n) is 2.37. The molecule has 0 saturated heterocycles. The van der Waals surface area contributed by atoms with E-state index in [0.29, 0.717) is 12.4 Å². The molecule has 25 heavy (non-hydrogen) atoms. The number of ether oxygens (including phenoxy) is 1. The number of benzene rings is 1. The maximum Gasteiger partial charge on any atom is 0.290 e. The second-order valence-electron chi connectivity index (χ2n) is 5.24. The SMILES string of the molecule is COC[C@@H](C)Nc1nc(N)nc2cc(-c3ccn[nH]3)ccc12.O=CO. The van der Waals surface area contributed by atoms with Crippen LogP contribution in [-0.2, 0) is 9.53 Å². The van der Waals surface area contributed by atoms with Gasteiger partial charge in [0.1, 0.15) is 5.82 Å². The Labute approximate surface area is 144 Å². The van der Waals surface area contributed by atoms with E-state index in [1.165, 1.54) is 0 Å². The number of rotatable bonds is 5. The van der Waals surface area contributed by atoms with Gasteiger partial charge >= 0.3 is 0 Å². The highest BCUT2D eigenvalue weighted by Crippen LogP contribution is 2.26. The summed E-state index contributed by atoms with van der Waals surface area (Å²) in [6.45, 7) is 2.35. The van der Waals surface area contributed by atoms with E-state index in [1.54, 1.807) is 13.3 Å². The molecule has 0 aliphatic carbocycles. The fraction of sp³-hybridized carbons (Fsp3) is 0.250. The third kappa shape index (κ3) is 4.64. The second-order valence-corrected chi connectivity index (χ2v) is 5.24. The van der Waals surface area contributed by atoms with Crippen molar-refractivity contribution >= 4 is 29.1 Å². The molecule has 0 radical (unpaired) electrons. The van der Waals surface area contributed by atoms with Gasteiger partial charge in [-0.15, -0.1) is 0 Å². The Hall–Kier alpha value is -3.20. The summed E-state index contributed by atoms with van der Waals surface area (Å²) in [6, 6.07) is 7.97. The minimum Gasteiger partial charge on any atom is -0.483 e. The van der Waals surface area contributed by atoms with Gasteiger partial charge in [-0.2, -0.15) is 10.1 Å². The standard InChI is InChI=1S/C15H18N6O.CH2O2/c1-9(8-22-2)18-14-11-4-3-10(12-5-6-17-21-12)7-13(11)19-15(16)20-14;2-1-3/h3-7,9H,8H2,1-2H3,(H,17,21)(H3,16,18,19,20);1H,(H,2,3)/t9-;/m1./s1. The highest BCUT2D eigenvalue weighted by molar-refractivity contribution is 5.92. The molecule has 0 saturated carbocycles. The van der Waals surface area contributed by atoms with Crippen LogP contribution in [0, 0.1) is 0 Å². The summed E-state index contributed by atoms with van der Waals surface area (Å²) in [5.41, 5.74) is 8.54. The minimum atomic E-state index is -0.250. The topological polar surface area (TPSA) is 139 Å². The van der Waals surface area contributed by atoms with Gasteiger partial charge in [0.2, 0.25) is 5.95 Å². The van der Waals surface area contributed by atoms with E-state index in [0.717, 1.165) is 22.2 Å².